The van der Waals surface area contributed by atoms with E-state index in [1.165, 1.54) is 38.3 Å². The first-order valence-electron chi connectivity index (χ1n) is 8.83. The summed E-state index contributed by atoms with van der Waals surface area (Å²) in [4.78, 5) is 6.11. The van der Waals surface area contributed by atoms with Crippen LogP contribution < -0.4 is 0 Å². The molecule has 0 atom stereocenters. The molecule has 0 unspecified atom stereocenters. The molecule has 25 heavy (non-hydrogen) atoms. The Morgan fingerprint density at radius 1 is 0.800 bits per heavy atom. The molecule has 2 heteroatoms. The molecule has 1 aromatic heterocycles. The Bertz CT molecular complexity index is 1030. The molecular weight excluding hydrogens is 322 g/mol. The summed E-state index contributed by atoms with van der Waals surface area (Å²) in [6.07, 6.45) is 1.91. The Morgan fingerprint density at radius 3 is 2.44 bits per heavy atom. The molecule has 0 bridgehead atoms. The van der Waals surface area contributed by atoms with Crippen LogP contribution in [0.25, 0.3) is 22.4 Å². The number of rotatable bonds is 0. The van der Waals surface area contributed by atoms with Gasteiger partial charge in [0.1, 0.15) is 0 Å². The molecule has 0 fully saturated rings. The standard InChI is InChI=1S/C23H21NS/c1-22(2)17-9-7-13-24-21(17)15-11-12-16-19(20(15)22)14-8-5-6-10-18(14)25-23(16,3)4/h5-13H,1-4H3. The van der Waals surface area contributed by atoms with Gasteiger partial charge in [0.15, 0.2) is 0 Å². The Balaban J connectivity index is 1.94. The van der Waals surface area contributed by atoms with Crippen LogP contribution in [0, 0.1) is 0 Å². The second-order valence-electron chi connectivity index (χ2n) is 8.04. The Morgan fingerprint density at radius 2 is 1.60 bits per heavy atom. The average Bonchev–Trinajstić information content (AvgIpc) is 2.83. The minimum Gasteiger partial charge on any atom is -0.256 e. The predicted octanol–water partition coefficient (Wildman–Crippen LogP) is 6.40. The Kier molecular flexibility index (Phi) is 2.90. The van der Waals surface area contributed by atoms with Gasteiger partial charge in [-0.3, -0.25) is 4.98 Å². The summed E-state index contributed by atoms with van der Waals surface area (Å²) in [6.45, 7) is 9.37. The van der Waals surface area contributed by atoms with Crippen LogP contribution in [0.4, 0.5) is 0 Å². The van der Waals surface area contributed by atoms with Gasteiger partial charge in [0, 0.05) is 26.8 Å². The molecule has 0 amide bonds. The lowest BCUT2D eigenvalue weighted by Crippen LogP contribution is -2.22. The fourth-order valence-electron chi connectivity index (χ4n) is 4.58. The zero-order chi connectivity index (χ0) is 17.4. The van der Waals surface area contributed by atoms with Crippen LogP contribution in [0.3, 0.4) is 0 Å². The van der Waals surface area contributed by atoms with Crippen LogP contribution in [0.1, 0.15) is 44.4 Å². The van der Waals surface area contributed by atoms with E-state index < -0.39 is 0 Å². The molecule has 5 rings (SSSR count). The van der Waals surface area contributed by atoms with Crippen LogP contribution >= 0.6 is 11.8 Å². The monoisotopic (exact) mass is 343 g/mol. The van der Waals surface area contributed by atoms with Crippen LogP contribution in [-0.4, -0.2) is 4.98 Å². The number of hydrogen-bond acceptors (Lipinski definition) is 2. The molecule has 3 aromatic rings. The third kappa shape index (κ3) is 1.89. The van der Waals surface area contributed by atoms with Crippen molar-refractivity contribution >= 4 is 11.8 Å². The van der Waals surface area contributed by atoms with E-state index in [2.05, 4.69) is 76.2 Å². The lowest BCUT2D eigenvalue weighted by Gasteiger charge is -2.37. The van der Waals surface area contributed by atoms with E-state index in [0.717, 1.165) is 5.69 Å². The molecule has 1 aliphatic carbocycles. The minimum atomic E-state index is -0.0323. The maximum atomic E-state index is 4.73. The molecule has 124 valence electrons. The molecule has 0 saturated carbocycles. The minimum absolute atomic E-state index is 0.0323. The highest BCUT2D eigenvalue weighted by Crippen LogP contribution is 2.59. The van der Waals surface area contributed by atoms with Crippen molar-refractivity contribution in [2.75, 3.05) is 0 Å². The van der Waals surface area contributed by atoms with Gasteiger partial charge in [0.2, 0.25) is 0 Å². The number of fused-ring (bicyclic) bond motifs is 7. The molecular formula is C23H21NS. The summed E-state index contributed by atoms with van der Waals surface area (Å²) in [5.41, 5.74) is 9.45. The SMILES string of the molecule is CC1(C)Sc2ccccc2-c2c1ccc1c2C(C)(C)c2cccnc2-1. The summed E-state index contributed by atoms with van der Waals surface area (Å²) in [5, 5.41) is 0. The molecule has 2 heterocycles. The first kappa shape index (κ1) is 15.2. The number of pyridine rings is 1. The third-order valence-electron chi connectivity index (χ3n) is 5.74. The van der Waals surface area contributed by atoms with E-state index in [9.17, 15) is 0 Å². The van der Waals surface area contributed by atoms with Gasteiger partial charge in [-0.15, -0.1) is 11.8 Å². The lowest BCUT2D eigenvalue weighted by atomic mass is 9.76. The van der Waals surface area contributed by atoms with E-state index in [-0.39, 0.29) is 10.2 Å². The molecule has 0 radical (unpaired) electrons. The van der Waals surface area contributed by atoms with Crippen molar-refractivity contribution in [3.8, 4) is 22.4 Å². The molecule has 1 nitrogen and oxygen atoms in total. The van der Waals surface area contributed by atoms with Gasteiger partial charge < -0.3 is 0 Å². The normalized spacial score (nSPS) is 18.1. The topological polar surface area (TPSA) is 12.9 Å². The molecule has 0 N–H and O–H groups in total. The van der Waals surface area contributed by atoms with Crippen LogP contribution in [0.2, 0.25) is 0 Å². The molecule has 2 aliphatic rings. The maximum absolute atomic E-state index is 4.73. The van der Waals surface area contributed by atoms with Crippen molar-refractivity contribution in [2.45, 2.75) is 42.8 Å². The summed E-state index contributed by atoms with van der Waals surface area (Å²) >= 11 is 1.97. The predicted molar refractivity (Wildman–Crippen MR) is 106 cm³/mol. The van der Waals surface area contributed by atoms with Crippen molar-refractivity contribution in [1.82, 2.24) is 4.98 Å². The van der Waals surface area contributed by atoms with Gasteiger partial charge in [0.05, 0.1) is 5.69 Å². The van der Waals surface area contributed by atoms with E-state index in [0.29, 0.717) is 0 Å². The molecule has 0 spiro atoms. The quantitative estimate of drug-likeness (QED) is 0.469. The van der Waals surface area contributed by atoms with Crippen LogP contribution in [0.15, 0.2) is 59.6 Å². The summed E-state index contributed by atoms with van der Waals surface area (Å²) < 4.78 is 0.0665. The lowest BCUT2D eigenvalue weighted by molar-refractivity contribution is 0.656. The van der Waals surface area contributed by atoms with Crippen molar-refractivity contribution in [1.29, 1.82) is 0 Å². The van der Waals surface area contributed by atoms with Crippen LogP contribution in [-0.2, 0) is 10.2 Å². The fourth-order valence-corrected chi connectivity index (χ4v) is 5.84. The van der Waals surface area contributed by atoms with Gasteiger partial charge in [-0.05, 0) is 53.8 Å². The van der Waals surface area contributed by atoms with Gasteiger partial charge in [-0.25, -0.2) is 0 Å². The highest BCUT2D eigenvalue weighted by molar-refractivity contribution is 8.00. The molecule has 2 aromatic carbocycles. The van der Waals surface area contributed by atoms with E-state index in [1.807, 2.05) is 18.0 Å². The summed E-state index contributed by atoms with van der Waals surface area (Å²) in [5.74, 6) is 0. The number of aromatic nitrogens is 1. The number of hydrogen-bond donors (Lipinski definition) is 0. The summed E-state index contributed by atoms with van der Waals surface area (Å²) in [6, 6.07) is 17.8. The first-order valence-corrected chi connectivity index (χ1v) is 9.65. The largest absolute Gasteiger partial charge is 0.256 e. The highest BCUT2D eigenvalue weighted by Gasteiger charge is 2.43. The van der Waals surface area contributed by atoms with Crippen LogP contribution in [0.5, 0.6) is 0 Å². The highest BCUT2D eigenvalue weighted by atomic mass is 32.2. The maximum Gasteiger partial charge on any atom is 0.0746 e. The fraction of sp³-hybridized carbons (Fsp3) is 0.261. The van der Waals surface area contributed by atoms with Gasteiger partial charge in [-0.2, -0.15) is 0 Å². The average molecular weight is 343 g/mol. The second-order valence-corrected chi connectivity index (χ2v) is 9.71. The van der Waals surface area contributed by atoms with Crippen molar-refractivity contribution < 1.29 is 0 Å². The van der Waals surface area contributed by atoms with E-state index >= 15 is 0 Å². The Labute approximate surface area is 153 Å². The number of nitrogens with zero attached hydrogens (tertiary/aromatic N) is 1. The zero-order valence-electron chi connectivity index (χ0n) is 15.1. The van der Waals surface area contributed by atoms with E-state index in [1.54, 1.807) is 0 Å². The van der Waals surface area contributed by atoms with Gasteiger partial charge in [0.25, 0.3) is 0 Å². The molecule has 0 saturated heterocycles. The Hall–Kier alpha value is -2.06. The number of benzene rings is 2. The summed E-state index contributed by atoms with van der Waals surface area (Å²) in [7, 11) is 0. The van der Waals surface area contributed by atoms with Crippen molar-refractivity contribution in [3.63, 3.8) is 0 Å². The van der Waals surface area contributed by atoms with Crippen molar-refractivity contribution in [3.05, 3.63) is 71.4 Å². The molecule has 1 aliphatic heterocycles. The second kappa shape index (κ2) is 4.76. The number of thioether (sulfide) groups is 1. The van der Waals surface area contributed by atoms with Gasteiger partial charge >= 0.3 is 0 Å². The van der Waals surface area contributed by atoms with E-state index in [4.69, 9.17) is 4.98 Å². The first-order chi connectivity index (χ1) is 11.9. The van der Waals surface area contributed by atoms with Gasteiger partial charge in [-0.1, -0.05) is 50.2 Å². The van der Waals surface area contributed by atoms with Crippen molar-refractivity contribution in [2.24, 2.45) is 0 Å². The third-order valence-corrected chi connectivity index (χ3v) is 7.04. The smallest absolute Gasteiger partial charge is 0.0746 e. The zero-order valence-corrected chi connectivity index (χ0v) is 15.9.